The third-order valence-corrected chi connectivity index (χ3v) is 5.18. The van der Waals surface area contributed by atoms with Crippen LogP contribution in [0.4, 0.5) is 0 Å². The summed E-state index contributed by atoms with van der Waals surface area (Å²) in [5.74, 6) is 0. The molecule has 0 saturated heterocycles. The molecule has 0 aliphatic heterocycles. The van der Waals surface area contributed by atoms with E-state index >= 15 is 0 Å². The van der Waals surface area contributed by atoms with Gasteiger partial charge in [-0.25, -0.2) is 0 Å². The van der Waals surface area contributed by atoms with Crippen LogP contribution in [0.5, 0.6) is 0 Å². The monoisotopic (exact) mass is 288 g/mol. The maximum Gasteiger partial charge on any atom is -0.00680 e. The molecule has 0 unspecified atom stereocenters. The average Bonchev–Trinajstić information content (AvgIpc) is 2.49. The summed E-state index contributed by atoms with van der Waals surface area (Å²) in [5, 5.41) is 2.69. The quantitative estimate of drug-likeness (QED) is 0.489. The summed E-state index contributed by atoms with van der Waals surface area (Å²) in [6.45, 7) is 13.4. The molecule has 0 atom stereocenters. The summed E-state index contributed by atoms with van der Waals surface area (Å²) in [6, 6.07) is 13.4. The topological polar surface area (TPSA) is 0 Å². The lowest BCUT2D eigenvalue weighted by atomic mass is 9.84. The summed E-state index contributed by atoms with van der Waals surface area (Å²) >= 11 is 0. The predicted octanol–water partition coefficient (Wildman–Crippen LogP) is 6.36. The number of benzene rings is 3. The molecule has 0 radical (unpaired) electrons. The molecule has 0 saturated carbocycles. The molecule has 0 nitrogen and oxygen atoms in total. The summed E-state index contributed by atoms with van der Waals surface area (Å²) in [4.78, 5) is 0. The van der Waals surface area contributed by atoms with Gasteiger partial charge in [-0.1, -0.05) is 36.4 Å². The van der Waals surface area contributed by atoms with Gasteiger partial charge in [-0.3, -0.25) is 0 Å². The molecule has 0 aliphatic carbocycles. The SMILES string of the molecule is Cc1cc(C)c(C)c(-c2c(C)c(C)cc3ccccc23)c1C. The maximum atomic E-state index is 2.31. The molecule has 112 valence electrons. The molecule has 0 bridgehead atoms. The summed E-state index contributed by atoms with van der Waals surface area (Å²) < 4.78 is 0. The second kappa shape index (κ2) is 5.28. The molecule has 3 aromatic rings. The first kappa shape index (κ1) is 14.8. The first-order valence-electron chi connectivity index (χ1n) is 7.98. The third kappa shape index (κ3) is 2.14. The van der Waals surface area contributed by atoms with E-state index in [2.05, 4.69) is 77.9 Å². The minimum atomic E-state index is 1.33. The highest BCUT2D eigenvalue weighted by molar-refractivity contribution is 6.00. The number of hydrogen-bond donors (Lipinski definition) is 0. The summed E-state index contributed by atoms with van der Waals surface area (Å²) in [7, 11) is 0. The van der Waals surface area contributed by atoms with Crippen LogP contribution in [0.15, 0.2) is 36.4 Å². The van der Waals surface area contributed by atoms with E-state index in [1.807, 2.05) is 0 Å². The smallest absolute Gasteiger partial charge is 0.00680 e. The van der Waals surface area contributed by atoms with Crippen LogP contribution in [0.25, 0.3) is 21.9 Å². The van der Waals surface area contributed by atoms with Crippen LogP contribution in [-0.4, -0.2) is 0 Å². The van der Waals surface area contributed by atoms with Gasteiger partial charge in [0, 0.05) is 0 Å². The average molecular weight is 288 g/mol. The lowest BCUT2D eigenvalue weighted by molar-refractivity contribution is 1.24. The zero-order chi connectivity index (χ0) is 16.0. The van der Waals surface area contributed by atoms with Gasteiger partial charge >= 0.3 is 0 Å². The van der Waals surface area contributed by atoms with Gasteiger partial charge in [0.2, 0.25) is 0 Å². The molecule has 0 aliphatic rings. The van der Waals surface area contributed by atoms with Gasteiger partial charge in [-0.05, 0) is 96.8 Å². The Labute approximate surface area is 133 Å². The number of hydrogen-bond acceptors (Lipinski definition) is 0. The zero-order valence-electron chi connectivity index (χ0n) is 14.5. The van der Waals surface area contributed by atoms with Crippen molar-refractivity contribution < 1.29 is 0 Å². The highest BCUT2D eigenvalue weighted by atomic mass is 14.2. The first-order chi connectivity index (χ1) is 10.4. The minimum absolute atomic E-state index is 1.33. The van der Waals surface area contributed by atoms with Crippen molar-refractivity contribution in [2.45, 2.75) is 41.5 Å². The molecule has 0 spiro atoms. The fraction of sp³-hybridized carbons (Fsp3) is 0.273. The molecule has 22 heavy (non-hydrogen) atoms. The van der Waals surface area contributed by atoms with Gasteiger partial charge < -0.3 is 0 Å². The van der Waals surface area contributed by atoms with Gasteiger partial charge in [0.1, 0.15) is 0 Å². The Hall–Kier alpha value is -2.08. The molecule has 0 fully saturated rings. The Kier molecular flexibility index (Phi) is 3.56. The van der Waals surface area contributed by atoms with Crippen LogP contribution >= 0.6 is 0 Å². The molecule has 0 N–H and O–H groups in total. The zero-order valence-corrected chi connectivity index (χ0v) is 14.5. The van der Waals surface area contributed by atoms with Crippen molar-refractivity contribution in [1.29, 1.82) is 0 Å². The van der Waals surface area contributed by atoms with E-state index in [4.69, 9.17) is 0 Å². The fourth-order valence-electron chi connectivity index (χ4n) is 3.51. The Balaban J connectivity index is 2.54. The second-order valence-corrected chi connectivity index (χ2v) is 6.55. The van der Waals surface area contributed by atoms with Crippen LogP contribution < -0.4 is 0 Å². The van der Waals surface area contributed by atoms with E-state index in [0.717, 1.165) is 0 Å². The highest BCUT2D eigenvalue weighted by Gasteiger charge is 2.16. The summed E-state index contributed by atoms with van der Waals surface area (Å²) in [6.07, 6.45) is 0. The Bertz CT molecular complexity index is 856. The third-order valence-electron chi connectivity index (χ3n) is 5.18. The van der Waals surface area contributed by atoms with E-state index < -0.39 is 0 Å². The predicted molar refractivity (Wildman–Crippen MR) is 97.8 cm³/mol. The van der Waals surface area contributed by atoms with Crippen molar-refractivity contribution in [3.05, 3.63) is 69.8 Å². The van der Waals surface area contributed by atoms with E-state index in [9.17, 15) is 0 Å². The molecule has 0 aromatic heterocycles. The summed E-state index contributed by atoms with van der Waals surface area (Å²) in [5.41, 5.74) is 11.2. The van der Waals surface area contributed by atoms with Crippen molar-refractivity contribution in [3.63, 3.8) is 0 Å². The number of aryl methyl sites for hydroxylation is 3. The van der Waals surface area contributed by atoms with Gasteiger partial charge in [0.15, 0.2) is 0 Å². The number of rotatable bonds is 1. The van der Waals surface area contributed by atoms with E-state index in [-0.39, 0.29) is 0 Å². The minimum Gasteiger partial charge on any atom is -0.0616 e. The fourth-order valence-corrected chi connectivity index (χ4v) is 3.51. The van der Waals surface area contributed by atoms with Crippen molar-refractivity contribution in [1.82, 2.24) is 0 Å². The second-order valence-electron chi connectivity index (χ2n) is 6.55. The van der Waals surface area contributed by atoms with Crippen molar-refractivity contribution >= 4 is 10.8 Å². The Morgan fingerprint density at radius 2 is 1.05 bits per heavy atom. The van der Waals surface area contributed by atoms with Gasteiger partial charge in [0.25, 0.3) is 0 Å². The van der Waals surface area contributed by atoms with E-state index in [1.54, 1.807) is 0 Å². The first-order valence-corrected chi connectivity index (χ1v) is 7.98. The lowest BCUT2D eigenvalue weighted by Gasteiger charge is -2.20. The molecular weight excluding hydrogens is 264 g/mol. The van der Waals surface area contributed by atoms with Crippen LogP contribution in [0.3, 0.4) is 0 Å². The van der Waals surface area contributed by atoms with Crippen molar-refractivity contribution in [3.8, 4) is 11.1 Å². The molecule has 0 heterocycles. The van der Waals surface area contributed by atoms with E-state index in [1.165, 1.54) is 55.3 Å². The molecule has 3 rings (SSSR count). The largest absolute Gasteiger partial charge is 0.0616 e. The Morgan fingerprint density at radius 1 is 0.545 bits per heavy atom. The normalized spacial score (nSPS) is 11.2. The van der Waals surface area contributed by atoms with Gasteiger partial charge in [-0.15, -0.1) is 0 Å². The number of fused-ring (bicyclic) bond motifs is 1. The van der Waals surface area contributed by atoms with Gasteiger partial charge in [0.05, 0.1) is 0 Å². The van der Waals surface area contributed by atoms with Crippen LogP contribution in [0.2, 0.25) is 0 Å². The molecule has 0 heteroatoms. The van der Waals surface area contributed by atoms with E-state index in [0.29, 0.717) is 0 Å². The molecule has 3 aromatic carbocycles. The van der Waals surface area contributed by atoms with Crippen LogP contribution in [0, 0.1) is 41.5 Å². The highest BCUT2D eigenvalue weighted by Crippen LogP contribution is 2.39. The van der Waals surface area contributed by atoms with Gasteiger partial charge in [-0.2, -0.15) is 0 Å². The Morgan fingerprint density at radius 3 is 1.68 bits per heavy atom. The van der Waals surface area contributed by atoms with Crippen LogP contribution in [0.1, 0.15) is 33.4 Å². The maximum absolute atomic E-state index is 2.31. The molecule has 0 amide bonds. The van der Waals surface area contributed by atoms with Crippen molar-refractivity contribution in [2.75, 3.05) is 0 Å². The van der Waals surface area contributed by atoms with Crippen LogP contribution in [-0.2, 0) is 0 Å². The standard InChI is InChI=1S/C22H24/c1-13-11-14(2)17(5)21(16(13)4)22-18(6)15(3)12-19-9-7-8-10-20(19)22/h7-12H,1-6H3. The molecular formula is C22H24. The van der Waals surface area contributed by atoms with Crippen molar-refractivity contribution in [2.24, 2.45) is 0 Å². The lowest BCUT2D eigenvalue weighted by Crippen LogP contribution is -1.99.